The van der Waals surface area contributed by atoms with Crippen LogP contribution in [0.25, 0.3) is 6.08 Å². The van der Waals surface area contributed by atoms with Crippen molar-refractivity contribution in [1.29, 1.82) is 0 Å². The van der Waals surface area contributed by atoms with Crippen molar-refractivity contribution in [2.45, 2.75) is 294 Å². The fourth-order valence-electron chi connectivity index (χ4n) is 15.9. The topological polar surface area (TPSA) is 389 Å². The van der Waals surface area contributed by atoms with Crippen LogP contribution >= 0.6 is 0 Å². The van der Waals surface area contributed by atoms with Crippen LogP contribution < -0.4 is 0 Å². The highest BCUT2D eigenvalue weighted by atomic mass is 17.0. The monoisotopic (exact) mass is 1470 g/mol. The number of carbonyl (C=O) groups excluding carboxylic acids is 1. The quantitative estimate of drug-likeness (QED) is 0.0493. The van der Waals surface area contributed by atoms with E-state index in [2.05, 4.69) is 0 Å². The van der Waals surface area contributed by atoms with Crippen LogP contribution in [-0.4, -0.2) is 316 Å². The van der Waals surface area contributed by atoms with Gasteiger partial charge in [0.05, 0.1) is 75.4 Å². The fourth-order valence-corrected chi connectivity index (χ4v) is 15.9. The van der Waals surface area contributed by atoms with Gasteiger partial charge in [0.2, 0.25) is 0 Å². The Hall–Kier alpha value is -3.59. The minimum absolute atomic E-state index is 0.0202. The molecule has 1 aromatic rings. The lowest BCUT2D eigenvalue weighted by Gasteiger charge is -2.51. The van der Waals surface area contributed by atoms with Crippen LogP contribution in [0.5, 0.6) is 0 Å². The number of hydrogen-bond acceptors (Lipinski definition) is 33. The van der Waals surface area contributed by atoms with Gasteiger partial charge >= 0.3 is 11.9 Å². The van der Waals surface area contributed by atoms with Crippen LogP contribution in [0.3, 0.4) is 0 Å². The Balaban J connectivity index is 0.611. The van der Waals surface area contributed by atoms with E-state index >= 15 is 0 Å². The summed E-state index contributed by atoms with van der Waals surface area (Å²) in [5.74, 6) is -5.93. The van der Waals surface area contributed by atoms with Crippen molar-refractivity contribution < 1.29 is 159 Å². The van der Waals surface area contributed by atoms with E-state index in [4.69, 9.17) is 118 Å². The molecule has 1 aromatic carbocycles. The fraction of sp³-hybridized carbons (Fsp3) is 0.786. The zero-order valence-corrected chi connectivity index (χ0v) is 59.3. The molecule has 12 aliphatic heterocycles. The zero-order valence-electron chi connectivity index (χ0n) is 59.3. The van der Waals surface area contributed by atoms with E-state index in [1.807, 2.05) is 54.6 Å². The van der Waals surface area contributed by atoms with E-state index in [0.717, 1.165) is 5.56 Å². The number of aliphatic hydroxyl groups excluding tert-OH is 5. The van der Waals surface area contributed by atoms with Crippen molar-refractivity contribution in [2.24, 2.45) is 0 Å². The Bertz CT molecular complexity index is 3110. The highest BCUT2D eigenvalue weighted by Crippen LogP contribution is 2.53. The van der Waals surface area contributed by atoms with Crippen molar-refractivity contribution in [3.8, 4) is 0 Å². The second kappa shape index (κ2) is 31.8. The first-order valence-electron chi connectivity index (χ1n) is 35.4. The summed E-state index contributed by atoms with van der Waals surface area (Å²) >= 11 is 0. The predicted octanol–water partition coefficient (Wildman–Crippen LogP) is 0.249. The number of ether oxygens (including phenoxy) is 25. The lowest BCUT2D eigenvalue weighted by Crippen LogP contribution is -2.69. The molecule has 0 amide bonds. The number of allylic oxidation sites excluding steroid dienone is 6. The standard InChI is InChI=1S/C70H100O33/c1-12-82-52-35(4)88-62(93-53-43(29-79-9)91-64(56(80-10)48(53)74)95-63-57(81-11)54-44(30-83-63)100-70(103-54)61-60(84-32-85-61)67(78,31-86-70)38(7)71)49(75)55(52)94-65-58(76)66(8,77)59(37(6)89-65)92-46-26-40-50(34(3)87-46)101-69(98-40)28-42-51(36(5)97-69)102-68(99-42)27-41(47(73)33(2)96-68)90-45(72)25-21-16-14-13-15-18-22-39-23-19-17-20-24-39/h13-25,33-38,40-44,46-65,71,73-78H,12,26-32H2,1-11H3. The van der Waals surface area contributed by atoms with Gasteiger partial charge in [-0.3, -0.25) is 0 Å². The number of carbonyl (C=O) groups is 1. The van der Waals surface area contributed by atoms with Gasteiger partial charge in [0.25, 0.3) is 11.9 Å². The molecule has 33 heteroatoms. The average molecular weight is 1470 g/mol. The van der Waals surface area contributed by atoms with Gasteiger partial charge in [-0.1, -0.05) is 72.9 Å². The van der Waals surface area contributed by atoms with Gasteiger partial charge in [0, 0.05) is 40.4 Å². The largest absolute Gasteiger partial charge is 0.456 e. The Morgan fingerprint density at radius 1 is 0.612 bits per heavy atom. The molecule has 36 unspecified atom stereocenters. The molecule has 103 heavy (non-hydrogen) atoms. The van der Waals surface area contributed by atoms with Gasteiger partial charge in [-0.15, -0.1) is 0 Å². The van der Waals surface area contributed by atoms with Crippen LogP contribution in [0.4, 0.5) is 0 Å². The molecule has 578 valence electrons. The Kier molecular flexibility index (Phi) is 23.9. The molecule has 0 aliphatic carbocycles. The summed E-state index contributed by atoms with van der Waals surface area (Å²) in [5.41, 5.74) is -2.87. The number of aliphatic hydroxyl groups is 7. The van der Waals surface area contributed by atoms with Crippen LogP contribution in [-0.2, 0) is 123 Å². The van der Waals surface area contributed by atoms with Gasteiger partial charge in [0.15, 0.2) is 37.6 Å². The Morgan fingerprint density at radius 3 is 2.02 bits per heavy atom. The first kappa shape index (κ1) is 77.6. The summed E-state index contributed by atoms with van der Waals surface area (Å²) in [6.45, 7) is 12.2. The molecular formula is C70H100O33. The number of rotatable bonds is 21. The van der Waals surface area contributed by atoms with Crippen LogP contribution in [0.15, 0.2) is 72.9 Å². The number of fused-ring (bicyclic) bond motifs is 5. The molecule has 0 radical (unpaired) electrons. The lowest BCUT2D eigenvalue weighted by molar-refractivity contribution is -0.421. The summed E-state index contributed by atoms with van der Waals surface area (Å²) in [6.07, 6.45) is -21.0. The van der Waals surface area contributed by atoms with Crippen molar-refractivity contribution in [2.75, 3.05) is 54.5 Å². The minimum atomic E-state index is -2.11. The van der Waals surface area contributed by atoms with E-state index in [1.54, 1.807) is 53.7 Å². The molecule has 13 rings (SSSR count). The second-order valence-corrected chi connectivity index (χ2v) is 28.3. The molecule has 12 aliphatic rings. The maximum atomic E-state index is 13.1. The van der Waals surface area contributed by atoms with E-state index in [9.17, 15) is 40.5 Å². The normalized spacial score (nSPS) is 50.2. The molecule has 12 heterocycles. The molecule has 3 spiro atoms. The van der Waals surface area contributed by atoms with Crippen molar-refractivity contribution >= 4 is 12.0 Å². The van der Waals surface area contributed by atoms with Crippen LogP contribution in [0.2, 0.25) is 0 Å². The highest BCUT2D eigenvalue weighted by Gasteiger charge is 2.71. The van der Waals surface area contributed by atoms with Crippen molar-refractivity contribution in [1.82, 2.24) is 0 Å². The van der Waals surface area contributed by atoms with E-state index in [1.165, 1.54) is 47.3 Å². The first-order valence-corrected chi connectivity index (χ1v) is 35.4. The van der Waals surface area contributed by atoms with Crippen molar-refractivity contribution in [3.63, 3.8) is 0 Å². The second-order valence-electron chi connectivity index (χ2n) is 28.3. The maximum absolute atomic E-state index is 13.1. The van der Waals surface area contributed by atoms with Crippen LogP contribution in [0, 0.1) is 0 Å². The molecule has 33 nitrogen and oxygen atoms in total. The molecule has 0 bridgehead atoms. The van der Waals surface area contributed by atoms with Gasteiger partial charge in [-0.05, 0) is 61.0 Å². The van der Waals surface area contributed by atoms with E-state index < -0.39 is 232 Å². The first-order chi connectivity index (χ1) is 49.3. The summed E-state index contributed by atoms with van der Waals surface area (Å²) in [6, 6.07) is 9.87. The predicted molar refractivity (Wildman–Crippen MR) is 343 cm³/mol. The summed E-state index contributed by atoms with van der Waals surface area (Å²) in [4.78, 5) is 13.1. The third kappa shape index (κ3) is 15.4. The average Bonchev–Trinajstić information content (AvgIpc) is 1.58. The molecule has 36 atom stereocenters. The molecule has 0 saturated carbocycles. The highest BCUT2D eigenvalue weighted by molar-refractivity contribution is 5.82. The SMILES string of the molecule is CCOC1C(C)OC(OC2C(COC)OC(OC3OCC4OC5(OCC(O)(C(C)O)C6OCOC65)OC4C3OC)C(OC)C2O)C(O)C1OC1OC(C)C(OC2CC3OC4(CC5OC6(CC(OC(=O)C=CC=CC=CC=Cc7ccccc7)C(O)C(C)O6)OC5C(C)O4)OC3C(C)O2)C(C)(O)C1O. The summed E-state index contributed by atoms with van der Waals surface area (Å²) in [5, 5.41) is 82.0. The molecule has 0 aromatic heterocycles. The Morgan fingerprint density at radius 2 is 1.29 bits per heavy atom. The molecular weight excluding hydrogens is 1370 g/mol. The lowest BCUT2D eigenvalue weighted by atomic mass is 9.85. The smallest absolute Gasteiger partial charge is 0.331 e. The van der Waals surface area contributed by atoms with Gasteiger partial charge in [-0.25, -0.2) is 4.79 Å². The maximum Gasteiger partial charge on any atom is 0.331 e. The molecule has 12 saturated heterocycles. The summed E-state index contributed by atoms with van der Waals surface area (Å²) < 4.78 is 156. The third-order valence-electron chi connectivity index (χ3n) is 21.2. The van der Waals surface area contributed by atoms with Gasteiger partial charge in [0.1, 0.15) is 128 Å². The minimum Gasteiger partial charge on any atom is -0.456 e. The third-order valence-corrected chi connectivity index (χ3v) is 21.2. The van der Waals surface area contributed by atoms with Gasteiger partial charge in [-0.2, -0.15) is 0 Å². The van der Waals surface area contributed by atoms with Crippen LogP contribution in [0.1, 0.15) is 80.2 Å². The molecule has 7 N–H and O–H groups in total. The van der Waals surface area contributed by atoms with E-state index in [0.29, 0.717) is 0 Å². The number of hydrogen-bond donors (Lipinski definition) is 7. The van der Waals surface area contributed by atoms with E-state index in [-0.39, 0.29) is 45.9 Å². The zero-order chi connectivity index (χ0) is 73.1. The van der Waals surface area contributed by atoms with Gasteiger partial charge < -0.3 is 154 Å². The number of methoxy groups -OCH3 is 3. The molecule has 12 fully saturated rings. The van der Waals surface area contributed by atoms with Crippen molar-refractivity contribution in [3.05, 3.63) is 78.4 Å². The summed E-state index contributed by atoms with van der Waals surface area (Å²) in [7, 11) is 4.14. The number of esters is 1. The Labute approximate surface area is 596 Å². The number of benzene rings is 1.